The SMILES string of the molecule is Cc1ccc2c(NS(=O)(=O)N3CCCC3)cccc2c1Oc1ncccc1-c1ccnc(N[C@H]2CCCN(C(=O)O)C2)n1. The molecule has 0 unspecified atom stereocenters. The predicted octanol–water partition coefficient (Wildman–Crippen LogP) is 5.10. The Balaban J connectivity index is 1.29. The zero-order valence-corrected chi connectivity index (χ0v) is 24.5. The van der Waals surface area contributed by atoms with E-state index in [1.54, 1.807) is 36.7 Å². The van der Waals surface area contributed by atoms with E-state index in [2.05, 4.69) is 20.0 Å². The minimum Gasteiger partial charge on any atom is -0.465 e. The topological polar surface area (TPSA) is 150 Å². The van der Waals surface area contributed by atoms with Crippen LogP contribution in [0.4, 0.5) is 16.4 Å². The van der Waals surface area contributed by atoms with Gasteiger partial charge in [-0.3, -0.25) is 4.72 Å². The summed E-state index contributed by atoms with van der Waals surface area (Å²) in [6.07, 6.45) is 5.63. The van der Waals surface area contributed by atoms with Crippen LogP contribution in [0.25, 0.3) is 22.0 Å². The second kappa shape index (κ2) is 12.0. The summed E-state index contributed by atoms with van der Waals surface area (Å²) in [5.41, 5.74) is 2.56. The van der Waals surface area contributed by atoms with Gasteiger partial charge in [0.25, 0.3) is 0 Å². The van der Waals surface area contributed by atoms with Gasteiger partial charge in [-0.2, -0.15) is 12.7 Å². The van der Waals surface area contributed by atoms with E-state index < -0.39 is 16.3 Å². The summed E-state index contributed by atoms with van der Waals surface area (Å²) in [4.78, 5) is 26.4. The van der Waals surface area contributed by atoms with Gasteiger partial charge in [0.1, 0.15) is 5.75 Å². The number of hydrogen-bond acceptors (Lipinski definition) is 8. The molecule has 2 aromatic heterocycles. The minimum atomic E-state index is -3.67. The summed E-state index contributed by atoms with van der Waals surface area (Å²) in [5.74, 6) is 1.28. The fourth-order valence-corrected chi connectivity index (χ4v) is 6.91. The van der Waals surface area contributed by atoms with Crippen LogP contribution >= 0.6 is 0 Å². The van der Waals surface area contributed by atoms with Crippen LogP contribution in [0.2, 0.25) is 0 Å². The zero-order valence-electron chi connectivity index (χ0n) is 23.7. The average Bonchev–Trinajstić information content (AvgIpc) is 3.56. The van der Waals surface area contributed by atoms with Crippen molar-refractivity contribution < 1.29 is 23.1 Å². The van der Waals surface area contributed by atoms with Crippen molar-refractivity contribution in [1.82, 2.24) is 24.2 Å². The highest BCUT2D eigenvalue weighted by Gasteiger charge is 2.26. The van der Waals surface area contributed by atoms with Crippen molar-refractivity contribution in [2.75, 3.05) is 36.2 Å². The summed E-state index contributed by atoms with van der Waals surface area (Å²) in [7, 11) is -3.67. The molecule has 1 atom stereocenters. The van der Waals surface area contributed by atoms with E-state index in [1.807, 2.05) is 31.2 Å². The summed E-state index contributed by atoms with van der Waals surface area (Å²) >= 11 is 0. The Morgan fingerprint density at radius 2 is 1.81 bits per heavy atom. The van der Waals surface area contributed by atoms with Crippen LogP contribution in [0.15, 0.2) is 60.9 Å². The third kappa shape index (κ3) is 6.18. The van der Waals surface area contributed by atoms with Gasteiger partial charge in [0.05, 0.1) is 16.9 Å². The Morgan fingerprint density at radius 3 is 2.63 bits per heavy atom. The molecule has 2 aliphatic rings. The van der Waals surface area contributed by atoms with Crippen LogP contribution in [0.1, 0.15) is 31.2 Å². The Bertz CT molecular complexity index is 1760. The molecular weight excluding hydrogens is 570 g/mol. The van der Waals surface area contributed by atoms with Crippen LogP contribution in [-0.4, -0.2) is 76.0 Å². The lowest BCUT2D eigenvalue weighted by atomic mass is 10.0. The Hall–Kier alpha value is -4.49. The molecule has 1 amide bonds. The van der Waals surface area contributed by atoms with Crippen LogP contribution in [-0.2, 0) is 10.2 Å². The number of fused-ring (bicyclic) bond motifs is 1. The maximum atomic E-state index is 13.0. The Morgan fingerprint density at radius 1 is 0.977 bits per heavy atom. The summed E-state index contributed by atoms with van der Waals surface area (Å²) in [6.45, 7) is 3.83. The lowest BCUT2D eigenvalue weighted by Gasteiger charge is -2.31. The number of piperidine rings is 1. The van der Waals surface area contributed by atoms with Gasteiger partial charge in [-0.25, -0.2) is 19.7 Å². The van der Waals surface area contributed by atoms with E-state index >= 15 is 0 Å². The van der Waals surface area contributed by atoms with Crippen LogP contribution in [0.3, 0.4) is 0 Å². The van der Waals surface area contributed by atoms with Gasteiger partial charge < -0.3 is 20.1 Å². The maximum absolute atomic E-state index is 13.0. The molecule has 0 radical (unpaired) electrons. The van der Waals surface area contributed by atoms with Gasteiger partial charge in [0.2, 0.25) is 11.8 Å². The lowest BCUT2D eigenvalue weighted by molar-refractivity contribution is 0.132. The van der Waals surface area contributed by atoms with Crippen molar-refractivity contribution in [3.05, 3.63) is 66.5 Å². The molecule has 2 fully saturated rings. The van der Waals surface area contributed by atoms with Gasteiger partial charge in [-0.15, -0.1) is 0 Å². The molecule has 13 heteroatoms. The van der Waals surface area contributed by atoms with Crippen molar-refractivity contribution in [3.63, 3.8) is 0 Å². The number of nitrogens with zero attached hydrogens (tertiary/aromatic N) is 5. The second-order valence-electron chi connectivity index (χ2n) is 10.8. The molecule has 0 aliphatic carbocycles. The molecule has 2 aromatic carbocycles. The Kier molecular flexibility index (Phi) is 8.00. The fourth-order valence-electron chi connectivity index (χ4n) is 5.59. The highest BCUT2D eigenvalue weighted by Crippen LogP contribution is 2.39. The van der Waals surface area contributed by atoms with Gasteiger partial charge in [-0.05, 0) is 62.4 Å². The van der Waals surface area contributed by atoms with Crippen LogP contribution < -0.4 is 14.8 Å². The van der Waals surface area contributed by atoms with Crippen molar-refractivity contribution >= 4 is 38.7 Å². The highest BCUT2D eigenvalue weighted by molar-refractivity contribution is 7.90. The van der Waals surface area contributed by atoms with Gasteiger partial charge in [0, 0.05) is 55.4 Å². The molecule has 6 rings (SSSR count). The molecule has 4 aromatic rings. The number of carboxylic acid groups (broad SMARTS) is 1. The largest absolute Gasteiger partial charge is 0.465 e. The highest BCUT2D eigenvalue weighted by atomic mass is 32.2. The number of hydrogen-bond donors (Lipinski definition) is 3. The number of aryl methyl sites for hydroxylation is 1. The molecule has 224 valence electrons. The third-order valence-electron chi connectivity index (χ3n) is 7.78. The van der Waals surface area contributed by atoms with Crippen LogP contribution in [0.5, 0.6) is 11.6 Å². The van der Waals surface area contributed by atoms with Crippen LogP contribution in [0, 0.1) is 6.92 Å². The first-order chi connectivity index (χ1) is 20.8. The number of anilines is 2. The number of rotatable bonds is 8. The van der Waals surface area contributed by atoms with E-state index in [0.717, 1.165) is 36.6 Å². The summed E-state index contributed by atoms with van der Waals surface area (Å²) < 4.78 is 36.7. The average molecular weight is 604 g/mol. The first-order valence-electron chi connectivity index (χ1n) is 14.3. The molecule has 0 spiro atoms. The number of likely N-dealkylation sites (tertiary alicyclic amines) is 1. The zero-order chi connectivity index (χ0) is 30.0. The molecule has 43 heavy (non-hydrogen) atoms. The molecular formula is C30H33N7O5S. The number of aromatic nitrogens is 3. The number of carbonyl (C=O) groups is 1. The molecule has 2 saturated heterocycles. The number of amides is 1. The smallest absolute Gasteiger partial charge is 0.407 e. The normalized spacial score (nSPS) is 17.6. The van der Waals surface area contributed by atoms with E-state index in [4.69, 9.17) is 9.72 Å². The molecule has 0 saturated carbocycles. The molecule has 2 aliphatic heterocycles. The van der Waals surface area contributed by atoms with Crippen molar-refractivity contribution in [2.24, 2.45) is 0 Å². The summed E-state index contributed by atoms with van der Waals surface area (Å²) in [6, 6.07) is 14.5. The van der Waals surface area contributed by atoms with E-state index in [9.17, 15) is 18.3 Å². The Labute approximate surface area is 249 Å². The number of benzene rings is 2. The predicted molar refractivity (Wildman–Crippen MR) is 164 cm³/mol. The van der Waals surface area contributed by atoms with E-state index in [0.29, 0.717) is 66.1 Å². The lowest BCUT2D eigenvalue weighted by Crippen LogP contribution is -2.44. The van der Waals surface area contributed by atoms with E-state index in [1.165, 1.54) is 9.21 Å². The van der Waals surface area contributed by atoms with E-state index in [-0.39, 0.29) is 6.04 Å². The van der Waals surface area contributed by atoms with Crippen molar-refractivity contribution in [3.8, 4) is 22.9 Å². The van der Waals surface area contributed by atoms with Crippen molar-refractivity contribution in [1.29, 1.82) is 0 Å². The standard InChI is InChI=1S/C30H33N7O5S/c1-20-11-12-22-23(8-4-10-26(22)35-43(40,41)37-17-2-3-18-37)27(20)42-28-24(9-5-14-31-28)25-13-15-32-29(34-25)33-21-7-6-16-36(19-21)30(38)39/h4-5,8-15,21,35H,2-3,6-7,16-19H2,1H3,(H,38,39)(H,32,33,34)/t21-/m0/s1. The number of pyridine rings is 1. The monoisotopic (exact) mass is 603 g/mol. The maximum Gasteiger partial charge on any atom is 0.407 e. The molecule has 4 heterocycles. The molecule has 0 bridgehead atoms. The summed E-state index contributed by atoms with van der Waals surface area (Å²) in [5, 5.41) is 14.1. The van der Waals surface area contributed by atoms with Gasteiger partial charge in [0.15, 0.2) is 0 Å². The molecule has 3 N–H and O–H groups in total. The fraction of sp³-hybridized carbons (Fsp3) is 0.333. The number of nitrogens with one attached hydrogen (secondary N) is 2. The first kappa shape index (κ1) is 28.6. The first-order valence-corrected chi connectivity index (χ1v) is 15.7. The van der Waals surface area contributed by atoms with Gasteiger partial charge in [-0.1, -0.05) is 24.3 Å². The third-order valence-corrected chi connectivity index (χ3v) is 9.30. The van der Waals surface area contributed by atoms with Gasteiger partial charge >= 0.3 is 16.3 Å². The number of ether oxygens (including phenoxy) is 1. The second-order valence-corrected chi connectivity index (χ2v) is 12.4. The quantitative estimate of drug-likeness (QED) is 0.250. The molecule has 12 nitrogen and oxygen atoms in total. The minimum absolute atomic E-state index is 0.0971. The van der Waals surface area contributed by atoms with Crippen molar-refractivity contribution in [2.45, 2.75) is 38.6 Å².